The molecule has 0 unspecified atom stereocenters. The van der Waals surface area contributed by atoms with Gasteiger partial charge >= 0.3 is 0 Å². The van der Waals surface area contributed by atoms with Crippen LogP contribution in [0.1, 0.15) is 11.1 Å². The van der Waals surface area contributed by atoms with Gasteiger partial charge in [0.05, 0.1) is 17.8 Å². The van der Waals surface area contributed by atoms with Crippen molar-refractivity contribution >= 4 is 23.0 Å². The fourth-order valence-corrected chi connectivity index (χ4v) is 2.58. The fraction of sp³-hybridized carbons (Fsp3) is 0.250. The van der Waals surface area contributed by atoms with Gasteiger partial charge in [0.25, 0.3) is 0 Å². The predicted octanol–water partition coefficient (Wildman–Crippen LogP) is 1.84. The smallest absolute Gasteiger partial charge is 0.228 e. The summed E-state index contributed by atoms with van der Waals surface area (Å²) in [5.41, 5.74) is 10.9. The summed E-state index contributed by atoms with van der Waals surface area (Å²) in [6, 6.07) is 7.88. The van der Waals surface area contributed by atoms with E-state index in [9.17, 15) is 4.79 Å². The number of carbonyl (C=O) groups is 1. The summed E-state index contributed by atoms with van der Waals surface area (Å²) in [6.07, 6.45) is 4.94. The van der Waals surface area contributed by atoms with Crippen LogP contribution in [0.5, 0.6) is 0 Å². The minimum atomic E-state index is 0.0287. The van der Waals surface area contributed by atoms with Crippen LogP contribution >= 0.6 is 0 Å². The van der Waals surface area contributed by atoms with E-state index in [4.69, 9.17) is 5.73 Å². The summed E-state index contributed by atoms with van der Waals surface area (Å²) in [6.45, 7) is 0.848. The second kappa shape index (κ2) is 5.44. The minimum Gasteiger partial charge on any atom is -0.397 e. The van der Waals surface area contributed by atoms with Gasteiger partial charge in [0.2, 0.25) is 5.91 Å². The van der Waals surface area contributed by atoms with E-state index in [1.54, 1.807) is 12.4 Å². The van der Waals surface area contributed by atoms with E-state index in [0.29, 0.717) is 12.1 Å². The largest absolute Gasteiger partial charge is 0.397 e. The summed E-state index contributed by atoms with van der Waals surface area (Å²) in [4.78, 5) is 17.6. The van der Waals surface area contributed by atoms with E-state index in [-0.39, 0.29) is 5.91 Å². The molecular formula is C16H18N4O. The maximum Gasteiger partial charge on any atom is 0.228 e. The standard InChI is InChI=1S/C16H18N4O/c1-20(7-4-11-2-5-18-6-3-11)15-10-14-12(8-13(15)17)9-16(21)19-14/h2-3,5-6,8,10H,4,7,9,17H2,1H3,(H,19,21). The lowest BCUT2D eigenvalue weighted by Crippen LogP contribution is -2.21. The number of fused-ring (bicyclic) bond motifs is 1. The van der Waals surface area contributed by atoms with Gasteiger partial charge in [0.1, 0.15) is 0 Å². The SMILES string of the molecule is CN(CCc1ccncc1)c1cc2c(cc1N)CC(=O)N2. The van der Waals surface area contributed by atoms with Gasteiger partial charge in [-0.2, -0.15) is 0 Å². The molecule has 108 valence electrons. The second-order valence-electron chi connectivity index (χ2n) is 5.32. The van der Waals surface area contributed by atoms with Gasteiger partial charge in [-0.1, -0.05) is 0 Å². The van der Waals surface area contributed by atoms with Crippen LogP contribution in [-0.2, 0) is 17.6 Å². The van der Waals surface area contributed by atoms with Crippen LogP contribution in [0.2, 0.25) is 0 Å². The van der Waals surface area contributed by atoms with E-state index in [2.05, 4.69) is 15.2 Å². The number of hydrogen-bond donors (Lipinski definition) is 2. The quantitative estimate of drug-likeness (QED) is 0.839. The van der Waals surface area contributed by atoms with Crippen molar-refractivity contribution in [3.8, 4) is 0 Å². The third-order valence-electron chi connectivity index (χ3n) is 3.77. The first-order valence-corrected chi connectivity index (χ1v) is 6.96. The average molecular weight is 282 g/mol. The van der Waals surface area contributed by atoms with Crippen molar-refractivity contribution in [2.75, 3.05) is 29.5 Å². The molecule has 0 saturated heterocycles. The number of likely N-dealkylation sites (N-methyl/N-ethyl adjacent to an activating group) is 1. The van der Waals surface area contributed by atoms with Gasteiger partial charge in [0, 0.05) is 31.7 Å². The number of nitrogens with two attached hydrogens (primary N) is 1. The van der Waals surface area contributed by atoms with Crippen molar-refractivity contribution in [3.05, 3.63) is 47.8 Å². The average Bonchev–Trinajstić information content (AvgIpc) is 2.84. The van der Waals surface area contributed by atoms with E-state index in [1.165, 1.54) is 5.56 Å². The number of aromatic nitrogens is 1. The number of rotatable bonds is 4. The Hall–Kier alpha value is -2.56. The summed E-state index contributed by atoms with van der Waals surface area (Å²) >= 11 is 0. The molecule has 0 radical (unpaired) electrons. The molecule has 0 spiro atoms. The van der Waals surface area contributed by atoms with Gasteiger partial charge in [-0.25, -0.2) is 0 Å². The molecule has 0 fully saturated rings. The molecule has 21 heavy (non-hydrogen) atoms. The van der Waals surface area contributed by atoms with Gasteiger partial charge in [-0.3, -0.25) is 9.78 Å². The lowest BCUT2D eigenvalue weighted by Gasteiger charge is -2.22. The zero-order valence-corrected chi connectivity index (χ0v) is 12.0. The Balaban J connectivity index is 1.74. The van der Waals surface area contributed by atoms with Crippen LogP contribution in [0, 0.1) is 0 Å². The van der Waals surface area contributed by atoms with Crippen LogP contribution in [0.3, 0.4) is 0 Å². The number of anilines is 3. The predicted molar refractivity (Wildman–Crippen MR) is 84.4 cm³/mol. The van der Waals surface area contributed by atoms with Crippen LogP contribution in [0.15, 0.2) is 36.7 Å². The molecule has 2 aromatic rings. The van der Waals surface area contributed by atoms with Crippen molar-refractivity contribution in [2.45, 2.75) is 12.8 Å². The molecule has 1 amide bonds. The first-order valence-electron chi connectivity index (χ1n) is 6.96. The molecule has 5 nitrogen and oxygen atoms in total. The maximum absolute atomic E-state index is 11.4. The number of amides is 1. The number of nitrogens with one attached hydrogen (secondary N) is 1. The van der Waals surface area contributed by atoms with Crippen molar-refractivity contribution < 1.29 is 4.79 Å². The Morgan fingerprint density at radius 1 is 1.33 bits per heavy atom. The van der Waals surface area contributed by atoms with Gasteiger partial charge < -0.3 is 16.0 Å². The Morgan fingerprint density at radius 2 is 2.10 bits per heavy atom. The number of benzene rings is 1. The lowest BCUT2D eigenvalue weighted by molar-refractivity contribution is -0.115. The van der Waals surface area contributed by atoms with Crippen molar-refractivity contribution in [3.63, 3.8) is 0 Å². The van der Waals surface area contributed by atoms with E-state index >= 15 is 0 Å². The molecule has 0 aliphatic carbocycles. The van der Waals surface area contributed by atoms with Gasteiger partial charge in [-0.05, 0) is 41.8 Å². The monoisotopic (exact) mass is 282 g/mol. The summed E-state index contributed by atoms with van der Waals surface area (Å²) in [5.74, 6) is 0.0287. The number of carbonyl (C=O) groups excluding carboxylic acids is 1. The molecule has 0 atom stereocenters. The molecule has 5 heteroatoms. The molecule has 0 bridgehead atoms. The van der Waals surface area contributed by atoms with Crippen LogP contribution in [0.4, 0.5) is 17.1 Å². The maximum atomic E-state index is 11.4. The van der Waals surface area contributed by atoms with E-state index in [0.717, 1.165) is 29.9 Å². The molecule has 1 aromatic heterocycles. The third-order valence-corrected chi connectivity index (χ3v) is 3.77. The van der Waals surface area contributed by atoms with Crippen LogP contribution in [0.25, 0.3) is 0 Å². The van der Waals surface area contributed by atoms with Crippen LogP contribution in [-0.4, -0.2) is 24.5 Å². The summed E-state index contributed by atoms with van der Waals surface area (Å²) < 4.78 is 0. The Bertz CT molecular complexity index is 669. The molecule has 1 aromatic carbocycles. The first kappa shape index (κ1) is 13.4. The zero-order chi connectivity index (χ0) is 14.8. The first-order chi connectivity index (χ1) is 10.1. The molecule has 2 heterocycles. The summed E-state index contributed by atoms with van der Waals surface area (Å²) in [7, 11) is 2.01. The molecule has 0 saturated carbocycles. The topological polar surface area (TPSA) is 71.2 Å². The zero-order valence-electron chi connectivity index (χ0n) is 12.0. The molecule has 3 rings (SSSR count). The highest BCUT2D eigenvalue weighted by Crippen LogP contribution is 2.33. The second-order valence-corrected chi connectivity index (χ2v) is 5.32. The minimum absolute atomic E-state index is 0.0287. The van der Waals surface area contributed by atoms with Crippen molar-refractivity contribution in [2.24, 2.45) is 0 Å². The molecule has 3 N–H and O–H groups in total. The molecule has 1 aliphatic heterocycles. The summed E-state index contributed by atoms with van der Waals surface area (Å²) in [5, 5.41) is 2.86. The number of nitrogen functional groups attached to an aromatic ring is 1. The van der Waals surface area contributed by atoms with Gasteiger partial charge in [0.15, 0.2) is 0 Å². The Labute approximate surface area is 123 Å². The number of pyridine rings is 1. The highest BCUT2D eigenvalue weighted by atomic mass is 16.1. The number of nitrogens with zero attached hydrogens (tertiary/aromatic N) is 2. The van der Waals surface area contributed by atoms with Crippen LogP contribution < -0.4 is 16.0 Å². The lowest BCUT2D eigenvalue weighted by atomic mass is 10.1. The van der Waals surface area contributed by atoms with E-state index in [1.807, 2.05) is 31.3 Å². The van der Waals surface area contributed by atoms with Gasteiger partial charge in [-0.15, -0.1) is 0 Å². The Kier molecular flexibility index (Phi) is 3.48. The Morgan fingerprint density at radius 3 is 2.86 bits per heavy atom. The molecular weight excluding hydrogens is 264 g/mol. The highest BCUT2D eigenvalue weighted by Gasteiger charge is 2.20. The van der Waals surface area contributed by atoms with E-state index < -0.39 is 0 Å². The number of hydrogen-bond acceptors (Lipinski definition) is 4. The normalized spacial score (nSPS) is 12.9. The fourth-order valence-electron chi connectivity index (χ4n) is 2.58. The molecule has 1 aliphatic rings. The van der Waals surface area contributed by atoms with Crippen molar-refractivity contribution in [1.29, 1.82) is 0 Å². The highest BCUT2D eigenvalue weighted by molar-refractivity contribution is 6.00. The van der Waals surface area contributed by atoms with Crippen molar-refractivity contribution in [1.82, 2.24) is 4.98 Å². The third kappa shape index (κ3) is 2.81.